The Labute approximate surface area is 187 Å². The fourth-order valence-corrected chi connectivity index (χ4v) is 3.70. The molecule has 0 aliphatic carbocycles. The van der Waals surface area contributed by atoms with Gasteiger partial charge in [0, 0.05) is 12.7 Å². The summed E-state index contributed by atoms with van der Waals surface area (Å²) < 4.78 is 1.61. The number of hydrogen-bond donors (Lipinski definition) is 1. The van der Waals surface area contributed by atoms with Crippen molar-refractivity contribution >= 4 is 29.1 Å². The third kappa shape index (κ3) is 5.33. The second-order valence-electron chi connectivity index (χ2n) is 7.61. The van der Waals surface area contributed by atoms with Crippen LogP contribution in [0.25, 0.3) is 0 Å². The SMILES string of the molecule is CCc1ccccc1NC(=O)CN(C)C(=O)c1c(C)nn(Cc2ccc(C)cc2)c1Cl. The van der Waals surface area contributed by atoms with Crippen LogP contribution in [0.15, 0.2) is 48.5 Å². The fraction of sp³-hybridized carbons (Fsp3) is 0.292. The molecule has 2 amide bonds. The first-order chi connectivity index (χ1) is 14.8. The monoisotopic (exact) mass is 438 g/mol. The Bertz CT molecular complexity index is 1090. The van der Waals surface area contributed by atoms with Gasteiger partial charge in [0.1, 0.15) is 5.15 Å². The summed E-state index contributed by atoms with van der Waals surface area (Å²) in [5, 5.41) is 7.59. The molecule has 0 spiro atoms. The van der Waals surface area contributed by atoms with Crippen molar-refractivity contribution in [2.75, 3.05) is 18.9 Å². The number of halogens is 1. The lowest BCUT2D eigenvalue weighted by Gasteiger charge is -2.17. The highest BCUT2D eigenvalue weighted by molar-refractivity contribution is 6.33. The summed E-state index contributed by atoms with van der Waals surface area (Å²) in [5.41, 5.74) is 4.86. The first-order valence-electron chi connectivity index (χ1n) is 10.2. The van der Waals surface area contributed by atoms with Crippen molar-refractivity contribution in [1.82, 2.24) is 14.7 Å². The van der Waals surface area contributed by atoms with E-state index in [0.717, 1.165) is 23.2 Å². The molecule has 0 aliphatic heterocycles. The van der Waals surface area contributed by atoms with Gasteiger partial charge in [-0.15, -0.1) is 0 Å². The van der Waals surface area contributed by atoms with Gasteiger partial charge in [0.2, 0.25) is 5.91 Å². The lowest BCUT2D eigenvalue weighted by atomic mass is 10.1. The molecule has 6 nitrogen and oxygen atoms in total. The van der Waals surface area contributed by atoms with Crippen LogP contribution in [0.3, 0.4) is 0 Å². The molecule has 3 aromatic rings. The Balaban J connectivity index is 1.70. The Morgan fingerprint density at radius 2 is 1.77 bits per heavy atom. The summed E-state index contributed by atoms with van der Waals surface area (Å²) in [6.07, 6.45) is 0.806. The minimum atomic E-state index is -0.336. The predicted molar refractivity (Wildman–Crippen MR) is 124 cm³/mol. The zero-order chi connectivity index (χ0) is 22.5. The van der Waals surface area contributed by atoms with Crippen molar-refractivity contribution in [3.8, 4) is 0 Å². The summed E-state index contributed by atoms with van der Waals surface area (Å²) in [7, 11) is 1.58. The van der Waals surface area contributed by atoms with E-state index in [4.69, 9.17) is 11.6 Å². The van der Waals surface area contributed by atoms with Crippen LogP contribution < -0.4 is 5.32 Å². The van der Waals surface area contributed by atoms with E-state index >= 15 is 0 Å². The van der Waals surface area contributed by atoms with E-state index in [1.54, 1.807) is 18.7 Å². The van der Waals surface area contributed by atoms with Crippen molar-refractivity contribution < 1.29 is 9.59 Å². The first kappa shape index (κ1) is 22.6. The highest BCUT2D eigenvalue weighted by Crippen LogP contribution is 2.23. The summed E-state index contributed by atoms with van der Waals surface area (Å²) in [5.74, 6) is -0.603. The Kier molecular flexibility index (Phi) is 7.13. The van der Waals surface area contributed by atoms with Gasteiger partial charge in [-0.2, -0.15) is 5.10 Å². The molecule has 0 aliphatic rings. The number of amides is 2. The molecule has 0 saturated heterocycles. The van der Waals surface area contributed by atoms with Crippen molar-refractivity contribution in [2.45, 2.75) is 33.7 Å². The van der Waals surface area contributed by atoms with Crippen LogP contribution in [0.1, 0.15) is 39.7 Å². The maximum Gasteiger partial charge on any atom is 0.259 e. The summed E-state index contributed by atoms with van der Waals surface area (Å²) in [4.78, 5) is 26.9. The maximum absolute atomic E-state index is 13.0. The number of nitrogens with one attached hydrogen (secondary N) is 1. The molecule has 0 fully saturated rings. The molecule has 0 atom stereocenters. The van der Waals surface area contributed by atoms with Crippen LogP contribution in [-0.4, -0.2) is 40.1 Å². The third-order valence-corrected chi connectivity index (χ3v) is 5.52. The van der Waals surface area contributed by atoms with Crippen molar-refractivity contribution in [2.24, 2.45) is 0 Å². The summed E-state index contributed by atoms with van der Waals surface area (Å²) in [6, 6.07) is 15.7. The van der Waals surface area contributed by atoms with E-state index in [0.29, 0.717) is 17.8 Å². The molecule has 0 saturated carbocycles. The van der Waals surface area contributed by atoms with Crippen LogP contribution in [0.2, 0.25) is 5.15 Å². The summed E-state index contributed by atoms with van der Waals surface area (Å²) in [6.45, 7) is 6.18. The van der Waals surface area contributed by atoms with Crippen molar-refractivity contribution in [3.63, 3.8) is 0 Å². The zero-order valence-electron chi connectivity index (χ0n) is 18.3. The van der Waals surface area contributed by atoms with Crippen molar-refractivity contribution in [1.29, 1.82) is 0 Å². The highest BCUT2D eigenvalue weighted by Gasteiger charge is 2.24. The van der Waals surface area contributed by atoms with Crippen LogP contribution in [0.5, 0.6) is 0 Å². The molecule has 1 N–H and O–H groups in total. The number of hydrogen-bond acceptors (Lipinski definition) is 3. The molecule has 0 unspecified atom stereocenters. The molecular weight excluding hydrogens is 412 g/mol. The highest BCUT2D eigenvalue weighted by atomic mass is 35.5. The number of para-hydroxylation sites is 1. The molecule has 31 heavy (non-hydrogen) atoms. The van der Waals surface area contributed by atoms with Crippen LogP contribution in [-0.2, 0) is 17.8 Å². The smallest absolute Gasteiger partial charge is 0.259 e. The summed E-state index contributed by atoms with van der Waals surface area (Å²) >= 11 is 6.51. The molecule has 0 bridgehead atoms. The number of likely N-dealkylation sites (N-methyl/N-ethyl adjacent to an activating group) is 1. The largest absolute Gasteiger partial charge is 0.332 e. The molecule has 3 rings (SSSR count). The fourth-order valence-electron chi connectivity index (χ4n) is 3.39. The minimum absolute atomic E-state index is 0.0875. The Morgan fingerprint density at radius 1 is 1.10 bits per heavy atom. The van der Waals surface area contributed by atoms with Crippen LogP contribution >= 0.6 is 11.6 Å². The molecular formula is C24H27ClN4O2. The molecule has 1 aromatic heterocycles. The minimum Gasteiger partial charge on any atom is -0.332 e. The maximum atomic E-state index is 13.0. The normalized spacial score (nSPS) is 10.7. The number of benzene rings is 2. The third-order valence-electron chi connectivity index (χ3n) is 5.13. The van der Waals surface area contributed by atoms with Crippen LogP contribution in [0, 0.1) is 13.8 Å². The van der Waals surface area contributed by atoms with E-state index in [1.165, 1.54) is 10.5 Å². The Morgan fingerprint density at radius 3 is 2.45 bits per heavy atom. The molecule has 0 radical (unpaired) electrons. The van der Waals surface area contributed by atoms with Gasteiger partial charge in [-0.25, -0.2) is 4.68 Å². The topological polar surface area (TPSA) is 67.2 Å². The quantitative estimate of drug-likeness (QED) is 0.591. The number of aryl methyl sites for hydroxylation is 3. The van der Waals surface area contributed by atoms with Gasteiger partial charge in [0.05, 0.1) is 24.3 Å². The molecule has 1 heterocycles. The number of carbonyl (C=O) groups excluding carboxylic acids is 2. The number of nitrogens with zero attached hydrogens (tertiary/aromatic N) is 3. The average Bonchev–Trinajstić information content (AvgIpc) is 3.02. The van der Waals surface area contributed by atoms with Gasteiger partial charge in [-0.3, -0.25) is 9.59 Å². The predicted octanol–water partition coefficient (Wildman–Crippen LogP) is 4.47. The first-order valence-corrected chi connectivity index (χ1v) is 10.6. The van der Waals surface area contributed by atoms with Gasteiger partial charge in [-0.05, 0) is 37.5 Å². The number of aromatic nitrogens is 2. The lowest BCUT2D eigenvalue weighted by molar-refractivity contribution is -0.116. The van der Waals surface area contributed by atoms with E-state index < -0.39 is 0 Å². The van der Waals surface area contributed by atoms with Gasteiger partial charge in [0.25, 0.3) is 5.91 Å². The molecule has 162 valence electrons. The zero-order valence-corrected chi connectivity index (χ0v) is 19.0. The lowest BCUT2D eigenvalue weighted by Crippen LogP contribution is -2.35. The standard InChI is InChI=1S/C24H27ClN4O2/c1-5-19-8-6-7-9-20(19)26-21(30)15-28(4)24(31)22-17(3)27-29(23(22)25)14-18-12-10-16(2)11-13-18/h6-13H,5,14-15H2,1-4H3,(H,26,30). The molecule has 2 aromatic carbocycles. The second-order valence-corrected chi connectivity index (χ2v) is 7.97. The second kappa shape index (κ2) is 9.79. The van der Waals surface area contributed by atoms with E-state index in [2.05, 4.69) is 10.4 Å². The van der Waals surface area contributed by atoms with Gasteiger partial charge in [-0.1, -0.05) is 66.6 Å². The van der Waals surface area contributed by atoms with E-state index in [1.807, 2.05) is 62.4 Å². The molecule has 7 heteroatoms. The average molecular weight is 439 g/mol. The van der Waals surface area contributed by atoms with E-state index in [-0.39, 0.29) is 23.5 Å². The van der Waals surface area contributed by atoms with Gasteiger partial charge >= 0.3 is 0 Å². The number of carbonyl (C=O) groups is 2. The van der Waals surface area contributed by atoms with E-state index in [9.17, 15) is 9.59 Å². The number of rotatable bonds is 7. The Hall–Kier alpha value is -3.12. The van der Waals surface area contributed by atoms with Crippen molar-refractivity contribution in [3.05, 3.63) is 81.6 Å². The van der Waals surface area contributed by atoms with Gasteiger partial charge < -0.3 is 10.2 Å². The van der Waals surface area contributed by atoms with Crippen LogP contribution in [0.4, 0.5) is 5.69 Å². The van der Waals surface area contributed by atoms with Gasteiger partial charge in [0.15, 0.2) is 0 Å². The number of anilines is 1.